The summed E-state index contributed by atoms with van der Waals surface area (Å²) in [5.74, 6) is -0.936. The Morgan fingerprint density at radius 3 is 2.78 bits per heavy atom. The summed E-state index contributed by atoms with van der Waals surface area (Å²) >= 11 is 0. The number of hydrogen-bond acceptors (Lipinski definition) is 2. The molecule has 1 aliphatic heterocycles. The van der Waals surface area contributed by atoms with E-state index >= 15 is 0 Å². The summed E-state index contributed by atoms with van der Waals surface area (Å²) in [7, 11) is 0. The van der Waals surface area contributed by atoms with Crippen LogP contribution in [0.1, 0.15) is 42.4 Å². The normalized spacial score (nSPS) is 21.8. The van der Waals surface area contributed by atoms with E-state index in [-0.39, 0.29) is 17.4 Å². The van der Waals surface area contributed by atoms with Crippen LogP contribution >= 0.6 is 0 Å². The molecule has 4 heteroatoms. The standard InChI is InChI=1S/C14H15NO3/c1-14(2)7-12(18-14)8-3-4-10-9(5-8)6-11(15-10)13(16)17/h3-6,12,15H,7H2,1-2H3,(H,16,17)/t12-/m0/s1. The van der Waals surface area contributed by atoms with Crippen molar-refractivity contribution in [1.82, 2.24) is 4.98 Å². The second kappa shape index (κ2) is 3.59. The number of H-pyrrole nitrogens is 1. The number of ether oxygens (including phenoxy) is 1. The molecule has 2 heterocycles. The fraction of sp³-hybridized carbons (Fsp3) is 0.357. The summed E-state index contributed by atoms with van der Waals surface area (Å²) in [6.45, 7) is 4.14. The van der Waals surface area contributed by atoms with Crippen LogP contribution < -0.4 is 0 Å². The van der Waals surface area contributed by atoms with Gasteiger partial charge in [-0.15, -0.1) is 0 Å². The average Bonchev–Trinajstić information content (AvgIpc) is 2.68. The molecule has 2 aromatic rings. The minimum absolute atomic E-state index is 0.0377. The Kier molecular flexibility index (Phi) is 2.25. The summed E-state index contributed by atoms with van der Waals surface area (Å²) in [6.07, 6.45) is 1.13. The van der Waals surface area contributed by atoms with E-state index in [0.29, 0.717) is 0 Å². The highest BCUT2D eigenvalue weighted by Gasteiger charge is 2.38. The van der Waals surface area contributed by atoms with Crippen molar-refractivity contribution in [2.45, 2.75) is 32.0 Å². The molecule has 94 valence electrons. The van der Waals surface area contributed by atoms with Crippen molar-refractivity contribution in [3.8, 4) is 0 Å². The van der Waals surface area contributed by atoms with Crippen LogP contribution in [0.2, 0.25) is 0 Å². The Morgan fingerprint density at radius 1 is 1.44 bits per heavy atom. The van der Waals surface area contributed by atoms with Crippen molar-refractivity contribution in [2.24, 2.45) is 0 Å². The lowest BCUT2D eigenvalue weighted by molar-refractivity contribution is -0.187. The molecular formula is C14H15NO3. The predicted octanol–water partition coefficient (Wildman–Crippen LogP) is 3.11. The summed E-state index contributed by atoms with van der Waals surface area (Å²) in [5, 5.41) is 9.85. The number of carboxylic acids is 1. The maximum absolute atomic E-state index is 10.9. The van der Waals surface area contributed by atoms with Gasteiger partial charge < -0.3 is 14.8 Å². The number of carboxylic acid groups (broad SMARTS) is 1. The van der Waals surface area contributed by atoms with Gasteiger partial charge in [0.2, 0.25) is 0 Å². The summed E-state index contributed by atoms with van der Waals surface area (Å²) in [6, 6.07) is 7.55. The fourth-order valence-corrected chi connectivity index (χ4v) is 2.47. The van der Waals surface area contributed by atoms with E-state index in [4.69, 9.17) is 9.84 Å². The predicted molar refractivity (Wildman–Crippen MR) is 67.8 cm³/mol. The highest BCUT2D eigenvalue weighted by molar-refractivity contribution is 5.93. The number of benzene rings is 1. The molecule has 1 atom stereocenters. The van der Waals surface area contributed by atoms with Gasteiger partial charge in [-0.1, -0.05) is 6.07 Å². The quantitative estimate of drug-likeness (QED) is 0.854. The van der Waals surface area contributed by atoms with Gasteiger partial charge in [-0.05, 0) is 37.6 Å². The molecule has 0 spiro atoms. The zero-order valence-corrected chi connectivity index (χ0v) is 10.4. The molecule has 0 amide bonds. The highest BCUT2D eigenvalue weighted by Crippen LogP contribution is 2.42. The number of hydrogen-bond donors (Lipinski definition) is 2. The van der Waals surface area contributed by atoms with Crippen molar-refractivity contribution >= 4 is 16.9 Å². The number of nitrogens with one attached hydrogen (secondary N) is 1. The number of aromatic nitrogens is 1. The van der Waals surface area contributed by atoms with Gasteiger partial charge in [-0.2, -0.15) is 0 Å². The maximum Gasteiger partial charge on any atom is 0.352 e. The van der Waals surface area contributed by atoms with E-state index < -0.39 is 5.97 Å². The first kappa shape index (κ1) is 11.3. The number of aromatic carboxylic acids is 1. The molecule has 0 saturated carbocycles. The van der Waals surface area contributed by atoms with Crippen LogP contribution in [0.4, 0.5) is 0 Å². The van der Waals surface area contributed by atoms with Crippen LogP contribution in [0.15, 0.2) is 24.3 Å². The van der Waals surface area contributed by atoms with Crippen LogP contribution in [0, 0.1) is 0 Å². The van der Waals surface area contributed by atoms with Gasteiger partial charge in [-0.25, -0.2) is 4.79 Å². The highest BCUT2D eigenvalue weighted by atomic mass is 16.5. The summed E-state index contributed by atoms with van der Waals surface area (Å²) in [4.78, 5) is 13.8. The lowest BCUT2D eigenvalue weighted by Gasteiger charge is -2.43. The van der Waals surface area contributed by atoms with Crippen LogP contribution in [0.25, 0.3) is 10.9 Å². The van der Waals surface area contributed by atoms with Crippen LogP contribution in [-0.4, -0.2) is 21.7 Å². The molecule has 1 aromatic heterocycles. The van der Waals surface area contributed by atoms with Gasteiger partial charge in [0.1, 0.15) is 5.69 Å². The topological polar surface area (TPSA) is 62.3 Å². The van der Waals surface area contributed by atoms with Gasteiger partial charge in [-0.3, -0.25) is 0 Å². The Hall–Kier alpha value is -1.81. The van der Waals surface area contributed by atoms with Gasteiger partial charge in [0.05, 0.1) is 11.7 Å². The van der Waals surface area contributed by atoms with Crippen molar-refractivity contribution in [1.29, 1.82) is 0 Å². The largest absolute Gasteiger partial charge is 0.477 e. The molecule has 1 fully saturated rings. The minimum Gasteiger partial charge on any atom is -0.477 e. The van der Waals surface area contributed by atoms with E-state index in [2.05, 4.69) is 18.8 Å². The SMILES string of the molecule is CC1(C)C[C@@H](c2ccc3[nH]c(C(=O)O)cc3c2)O1. The van der Waals surface area contributed by atoms with Crippen LogP contribution in [0.5, 0.6) is 0 Å². The molecule has 2 N–H and O–H groups in total. The molecular weight excluding hydrogens is 230 g/mol. The van der Waals surface area contributed by atoms with Crippen LogP contribution in [0.3, 0.4) is 0 Å². The van der Waals surface area contributed by atoms with Crippen molar-refractivity contribution in [3.63, 3.8) is 0 Å². The van der Waals surface area contributed by atoms with E-state index in [1.807, 2.05) is 18.2 Å². The van der Waals surface area contributed by atoms with Crippen molar-refractivity contribution < 1.29 is 14.6 Å². The molecule has 0 bridgehead atoms. The minimum atomic E-state index is -0.936. The molecule has 1 aliphatic rings. The maximum atomic E-state index is 10.9. The molecule has 3 rings (SSSR count). The van der Waals surface area contributed by atoms with E-state index in [1.54, 1.807) is 6.07 Å². The first-order valence-corrected chi connectivity index (χ1v) is 5.98. The molecule has 1 saturated heterocycles. The fourth-order valence-electron chi connectivity index (χ4n) is 2.47. The van der Waals surface area contributed by atoms with Gasteiger partial charge in [0, 0.05) is 17.3 Å². The third-order valence-electron chi connectivity index (χ3n) is 3.39. The smallest absolute Gasteiger partial charge is 0.352 e. The third kappa shape index (κ3) is 1.78. The second-order valence-corrected chi connectivity index (χ2v) is 5.41. The zero-order chi connectivity index (χ0) is 12.9. The van der Waals surface area contributed by atoms with E-state index in [1.165, 1.54) is 0 Å². The average molecular weight is 245 g/mol. The Labute approximate surface area is 105 Å². The molecule has 0 unspecified atom stereocenters. The Bertz CT molecular complexity index is 619. The number of rotatable bonds is 2. The van der Waals surface area contributed by atoms with Crippen molar-refractivity contribution in [3.05, 3.63) is 35.5 Å². The van der Waals surface area contributed by atoms with E-state index in [0.717, 1.165) is 22.9 Å². The molecule has 0 radical (unpaired) electrons. The molecule has 1 aromatic carbocycles. The second-order valence-electron chi connectivity index (χ2n) is 5.41. The lowest BCUT2D eigenvalue weighted by Crippen LogP contribution is -2.39. The lowest BCUT2D eigenvalue weighted by atomic mass is 9.88. The van der Waals surface area contributed by atoms with Gasteiger partial charge in [0.25, 0.3) is 0 Å². The molecule has 18 heavy (non-hydrogen) atoms. The zero-order valence-electron chi connectivity index (χ0n) is 10.4. The summed E-state index contributed by atoms with van der Waals surface area (Å²) < 4.78 is 5.79. The van der Waals surface area contributed by atoms with Gasteiger partial charge >= 0.3 is 5.97 Å². The number of fused-ring (bicyclic) bond motifs is 1. The molecule has 4 nitrogen and oxygen atoms in total. The number of carbonyl (C=O) groups is 1. The summed E-state index contributed by atoms with van der Waals surface area (Å²) in [5.41, 5.74) is 2.13. The first-order valence-electron chi connectivity index (χ1n) is 5.98. The van der Waals surface area contributed by atoms with Crippen LogP contribution in [-0.2, 0) is 4.74 Å². The Morgan fingerprint density at radius 2 is 2.17 bits per heavy atom. The van der Waals surface area contributed by atoms with E-state index in [9.17, 15) is 4.79 Å². The third-order valence-corrected chi connectivity index (χ3v) is 3.39. The van der Waals surface area contributed by atoms with Gasteiger partial charge in [0.15, 0.2) is 0 Å². The first-order chi connectivity index (χ1) is 8.44. The Balaban J connectivity index is 1.94. The number of aromatic amines is 1. The van der Waals surface area contributed by atoms with Crippen molar-refractivity contribution in [2.75, 3.05) is 0 Å². The monoisotopic (exact) mass is 245 g/mol. The molecule has 0 aliphatic carbocycles.